The fraction of sp³-hybridized carbons (Fsp3) is 0.583. The number of hydrogen-bond donors (Lipinski definition) is 0. The third-order valence-corrected chi connectivity index (χ3v) is 3.54. The highest BCUT2D eigenvalue weighted by molar-refractivity contribution is 7.99. The van der Waals surface area contributed by atoms with Crippen molar-refractivity contribution >= 4 is 17.7 Å². The molecule has 1 rings (SSSR count). The highest BCUT2D eigenvalue weighted by Crippen LogP contribution is 2.10. The standard InChI is InChI=1S/C12H19N3O2S/c1-4-5-7-14(2)10(16)9-18-11-12(17)15(3)8-6-13-11/h6,8H,4-5,7,9H2,1-3H3. The lowest BCUT2D eigenvalue weighted by Crippen LogP contribution is -2.29. The summed E-state index contributed by atoms with van der Waals surface area (Å²) in [4.78, 5) is 29.2. The summed E-state index contributed by atoms with van der Waals surface area (Å²) in [6.07, 6.45) is 5.22. The molecule has 0 aliphatic rings. The maximum Gasteiger partial charge on any atom is 0.282 e. The number of carbonyl (C=O) groups is 1. The van der Waals surface area contributed by atoms with Crippen LogP contribution >= 0.6 is 11.8 Å². The first kappa shape index (κ1) is 14.8. The average Bonchev–Trinajstić information content (AvgIpc) is 2.37. The van der Waals surface area contributed by atoms with E-state index < -0.39 is 0 Å². The Morgan fingerprint density at radius 1 is 1.56 bits per heavy atom. The monoisotopic (exact) mass is 269 g/mol. The van der Waals surface area contributed by atoms with Gasteiger partial charge in [0.1, 0.15) is 0 Å². The van der Waals surface area contributed by atoms with Crippen LogP contribution < -0.4 is 5.56 Å². The molecule has 0 saturated heterocycles. The molecule has 1 aromatic rings. The van der Waals surface area contributed by atoms with Gasteiger partial charge in [-0.25, -0.2) is 4.98 Å². The minimum absolute atomic E-state index is 0.0288. The number of hydrogen-bond acceptors (Lipinski definition) is 4. The number of thioether (sulfide) groups is 1. The summed E-state index contributed by atoms with van der Waals surface area (Å²) in [5.74, 6) is 0.285. The van der Waals surface area contributed by atoms with Crippen LogP contribution in [0.15, 0.2) is 22.2 Å². The predicted molar refractivity (Wildman–Crippen MR) is 72.7 cm³/mol. The summed E-state index contributed by atoms with van der Waals surface area (Å²) >= 11 is 1.20. The van der Waals surface area contributed by atoms with Crippen LogP contribution in [0.4, 0.5) is 0 Å². The van der Waals surface area contributed by atoms with Crippen LogP contribution in [0.1, 0.15) is 19.8 Å². The Bertz CT molecular complexity index is 459. The summed E-state index contributed by atoms with van der Waals surface area (Å²) in [5.41, 5.74) is -0.161. The molecule has 0 radical (unpaired) electrons. The Balaban J connectivity index is 2.52. The van der Waals surface area contributed by atoms with E-state index in [0.29, 0.717) is 5.03 Å². The quantitative estimate of drug-likeness (QED) is 0.727. The lowest BCUT2D eigenvalue weighted by Gasteiger charge is -2.16. The van der Waals surface area contributed by atoms with Crippen molar-refractivity contribution in [3.63, 3.8) is 0 Å². The number of nitrogens with zero attached hydrogens (tertiary/aromatic N) is 3. The Kier molecular flexibility index (Phi) is 5.91. The van der Waals surface area contributed by atoms with Crippen LogP contribution in [0, 0.1) is 0 Å². The molecule has 0 atom stereocenters. The van der Waals surface area contributed by atoms with Crippen molar-refractivity contribution < 1.29 is 4.79 Å². The van der Waals surface area contributed by atoms with Crippen LogP contribution in [0.3, 0.4) is 0 Å². The maximum atomic E-state index is 11.8. The summed E-state index contributed by atoms with van der Waals surface area (Å²) in [5, 5.41) is 0.372. The number of aromatic nitrogens is 2. The highest BCUT2D eigenvalue weighted by Gasteiger charge is 2.11. The molecule has 5 nitrogen and oxygen atoms in total. The summed E-state index contributed by atoms with van der Waals surface area (Å²) in [6, 6.07) is 0. The molecule has 0 aliphatic carbocycles. The Hall–Kier alpha value is -1.30. The summed E-state index contributed by atoms with van der Waals surface area (Å²) in [6.45, 7) is 2.85. The third kappa shape index (κ3) is 4.18. The van der Waals surface area contributed by atoms with Crippen molar-refractivity contribution in [3.8, 4) is 0 Å². The van der Waals surface area contributed by atoms with Gasteiger partial charge in [-0.15, -0.1) is 0 Å². The van der Waals surface area contributed by atoms with Crippen LogP contribution in [0.25, 0.3) is 0 Å². The van der Waals surface area contributed by atoms with Gasteiger partial charge in [0.25, 0.3) is 5.56 Å². The lowest BCUT2D eigenvalue weighted by atomic mass is 10.3. The Labute approximate surface area is 111 Å². The molecule has 1 heterocycles. The second-order valence-electron chi connectivity index (χ2n) is 4.11. The van der Waals surface area contributed by atoms with Gasteiger partial charge >= 0.3 is 0 Å². The van der Waals surface area contributed by atoms with Gasteiger partial charge in [0.15, 0.2) is 5.03 Å². The first-order chi connectivity index (χ1) is 8.56. The molecular weight excluding hydrogens is 250 g/mol. The number of amides is 1. The number of rotatable bonds is 6. The second-order valence-corrected chi connectivity index (χ2v) is 5.07. The molecule has 0 bridgehead atoms. The minimum atomic E-state index is -0.161. The second kappa shape index (κ2) is 7.20. The molecule has 0 unspecified atom stereocenters. The molecule has 0 spiro atoms. The van der Waals surface area contributed by atoms with Gasteiger partial charge < -0.3 is 9.47 Å². The highest BCUT2D eigenvalue weighted by atomic mass is 32.2. The molecule has 0 fully saturated rings. The van der Waals surface area contributed by atoms with E-state index in [-0.39, 0.29) is 17.2 Å². The topological polar surface area (TPSA) is 55.2 Å². The van der Waals surface area contributed by atoms with Gasteiger partial charge in [0, 0.05) is 33.0 Å². The van der Waals surface area contributed by atoms with E-state index in [0.717, 1.165) is 19.4 Å². The van der Waals surface area contributed by atoms with Crippen molar-refractivity contribution in [2.75, 3.05) is 19.3 Å². The molecular formula is C12H19N3O2S. The number of carbonyl (C=O) groups excluding carboxylic acids is 1. The predicted octanol–water partition coefficient (Wildman–Crippen LogP) is 1.13. The number of unbranched alkanes of at least 4 members (excludes halogenated alkanes) is 1. The van der Waals surface area contributed by atoms with Gasteiger partial charge in [-0.2, -0.15) is 0 Å². The Morgan fingerprint density at radius 3 is 2.94 bits per heavy atom. The van der Waals surface area contributed by atoms with Crippen LogP contribution in [-0.2, 0) is 11.8 Å². The zero-order chi connectivity index (χ0) is 13.5. The van der Waals surface area contributed by atoms with Gasteiger partial charge in [0.2, 0.25) is 5.91 Å². The van der Waals surface area contributed by atoms with Gasteiger partial charge in [-0.1, -0.05) is 25.1 Å². The molecule has 1 aromatic heterocycles. The van der Waals surface area contributed by atoms with Gasteiger partial charge in [-0.3, -0.25) is 9.59 Å². The molecule has 18 heavy (non-hydrogen) atoms. The molecule has 0 saturated carbocycles. The van der Waals surface area contributed by atoms with Crippen molar-refractivity contribution in [2.45, 2.75) is 24.8 Å². The zero-order valence-electron chi connectivity index (χ0n) is 11.0. The van der Waals surface area contributed by atoms with E-state index in [1.54, 1.807) is 31.4 Å². The number of aryl methyl sites for hydroxylation is 1. The zero-order valence-corrected chi connectivity index (χ0v) is 11.9. The molecule has 6 heteroatoms. The van der Waals surface area contributed by atoms with Crippen LogP contribution in [0.5, 0.6) is 0 Å². The van der Waals surface area contributed by atoms with Gasteiger partial charge in [-0.05, 0) is 6.42 Å². The van der Waals surface area contributed by atoms with Crippen LogP contribution in [-0.4, -0.2) is 39.7 Å². The Morgan fingerprint density at radius 2 is 2.28 bits per heavy atom. The SMILES string of the molecule is CCCCN(C)C(=O)CSc1nccn(C)c1=O. The third-order valence-electron chi connectivity index (χ3n) is 2.59. The largest absolute Gasteiger partial charge is 0.345 e. The summed E-state index contributed by atoms with van der Waals surface area (Å²) < 4.78 is 1.46. The maximum absolute atomic E-state index is 11.8. The molecule has 0 aromatic carbocycles. The molecule has 1 amide bonds. The van der Waals surface area contributed by atoms with Crippen molar-refractivity contribution in [1.82, 2.24) is 14.5 Å². The smallest absolute Gasteiger partial charge is 0.282 e. The first-order valence-corrected chi connectivity index (χ1v) is 6.93. The van der Waals surface area contributed by atoms with E-state index in [1.165, 1.54) is 16.3 Å². The molecule has 0 N–H and O–H groups in total. The summed E-state index contributed by atoms with van der Waals surface area (Å²) in [7, 11) is 3.46. The average molecular weight is 269 g/mol. The van der Waals surface area contributed by atoms with E-state index in [2.05, 4.69) is 11.9 Å². The van der Waals surface area contributed by atoms with Crippen molar-refractivity contribution in [1.29, 1.82) is 0 Å². The fourth-order valence-corrected chi connectivity index (χ4v) is 2.22. The fourth-order valence-electron chi connectivity index (χ4n) is 1.33. The van der Waals surface area contributed by atoms with Crippen LogP contribution in [0.2, 0.25) is 0 Å². The minimum Gasteiger partial charge on any atom is -0.345 e. The van der Waals surface area contributed by atoms with E-state index in [4.69, 9.17) is 0 Å². The van der Waals surface area contributed by atoms with E-state index >= 15 is 0 Å². The lowest BCUT2D eigenvalue weighted by molar-refractivity contribution is -0.127. The van der Waals surface area contributed by atoms with E-state index in [1.807, 2.05) is 0 Å². The van der Waals surface area contributed by atoms with Crippen molar-refractivity contribution in [2.24, 2.45) is 7.05 Å². The molecule has 100 valence electrons. The van der Waals surface area contributed by atoms with Gasteiger partial charge in [0.05, 0.1) is 5.75 Å². The normalized spacial score (nSPS) is 10.4. The molecule has 0 aliphatic heterocycles. The van der Waals surface area contributed by atoms with Crippen molar-refractivity contribution in [3.05, 3.63) is 22.7 Å². The van der Waals surface area contributed by atoms with E-state index in [9.17, 15) is 9.59 Å². The first-order valence-electron chi connectivity index (χ1n) is 5.94.